The number of carbonyl (C=O) groups is 1. The summed E-state index contributed by atoms with van der Waals surface area (Å²) in [6, 6.07) is 5.24. The Morgan fingerprint density at radius 2 is 2.10 bits per heavy atom. The van der Waals surface area contributed by atoms with Crippen molar-refractivity contribution in [1.82, 2.24) is 20.4 Å². The number of piperazine rings is 1. The Balaban J connectivity index is 2.00. The van der Waals surface area contributed by atoms with Crippen molar-refractivity contribution in [3.63, 3.8) is 0 Å². The lowest BCUT2D eigenvalue weighted by molar-refractivity contribution is -0.134. The standard InChI is InChI=1S/C18H25N5O4S2/c1-19-17(28)22(2)16(24)18(23-8-6-20-7-9-23)11-13(18)12-4-5-15(27-3)14(10-12)21-29(25)26/h4-5,10,13,20H,6-9,11H2,1-3H3,(H,19,28). The fourth-order valence-corrected chi connectivity index (χ4v) is 4.44. The van der Waals surface area contributed by atoms with Gasteiger partial charge in [0.15, 0.2) is 5.11 Å². The van der Waals surface area contributed by atoms with Crippen LogP contribution in [0.5, 0.6) is 5.75 Å². The van der Waals surface area contributed by atoms with Gasteiger partial charge < -0.3 is 15.4 Å². The Kier molecular flexibility index (Phi) is 6.52. The first-order valence-electron chi connectivity index (χ1n) is 9.29. The molecule has 2 unspecified atom stereocenters. The van der Waals surface area contributed by atoms with E-state index in [1.165, 1.54) is 12.0 Å². The minimum absolute atomic E-state index is 0.0644. The van der Waals surface area contributed by atoms with Crippen molar-refractivity contribution in [3.05, 3.63) is 23.8 Å². The van der Waals surface area contributed by atoms with Crippen molar-refractivity contribution in [2.75, 3.05) is 47.4 Å². The molecule has 2 aliphatic rings. The van der Waals surface area contributed by atoms with E-state index >= 15 is 0 Å². The fraction of sp³-hybridized carbons (Fsp3) is 0.556. The molecule has 29 heavy (non-hydrogen) atoms. The van der Waals surface area contributed by atoms with E-state index in [-0.39, 0.29) is 17.5 Å². The lowest BCUT2D eigenvalue weighted by Gasteiger charge is -2.37. The largest absolute Gasteiger partial charge is 0.494 e. The number of methoxy groups -OCH3 is 1. The first-order chi connectivity index (χ1) is 13.8. The van der Waals surface area contributed by atoms with Crippen LogP contribution in [-0.4, -0.2) is 82.2 Å². The molecule has 0 aromatic heterocycles. The van der Waals surface area contributed by atoms with Gasteiger partial charge in [-0.05, 0) is 36.3 Å². The molecule has 0 radical (unpaired) electrons. The quantitative estimate of drug-likeness (QED) is 0.639. The highest BCUT2D eigenvalue weighted by Crippen LogP contribution is 2.57. The molecule has 1 aromatic carbocycles. The molecule has 0 spiro atoms. The molecule has 1 aliphatic heterocycles. The number of rotatable bonds is 5. The summed E-state index contributed by atoms with van der Waals surface area (Å²) in [5.74, 6) is 0.215. The van der Waals surface area contributed by atoms with Gasteiger partial charge in [-0.15, -0.1) is 4.36 Å². The van der Waals surface area contributed by atoms with Crippen LogP contribution in [0.15, 0.2) is 22.6 Å². The van der Waals surface area contributed by atoms with Crippen LogP contribution in [0.3, 0.4) is 0 Å². The zero-order valence-electron chi connectivity index (χ0n) is 16.6. The van der Waals surface area contributed by atoms with Gasteiger partial charge >= 0.3 is 10.5 Å². The van der Waals surface area contributed by atoms with E-state index in [2.05, 4.69) is 19.9 Å². The summed E-state index contributed by atoms with van der Waals surface area (Å²) in [5.41, 5.74) is 0.372. The summed E-state index contributed by atoms with van der Waals surface area (Å²) >= 11 is 5.27. The molecule has 1 aromatic rings. The SMILES string of the molecule is CNC(=S)N(C)C(=O)C1(N2CCNCC2)CC1c1ccc(OC)c(N=S(=O)=O)c1. The van der Waals surface area contributed by atoms with E-state index < -0.39 is 16.0 Å². The van der Waals surface area contributed by atoms with Crippen LogP contribution in [0.1, 0.15) is 17.9 Å². The van der Waals surface area contributed by atoms with Crippen molar-refractivity contribution >= 4 is 39.4 Å². The van der Waals surface area contributed by atoms with Gasteiger partial charge in [-0.1, -0.05) is 6.07 Å². The molecule has 2 atom stereocenters. The van der Waals surface area contributed by atoms with Crippen molar-refractivity contribution in [2.45, 2.75) is 17.9 Å². The van der Waals surface area contributed by atoms with E-state index in [1.54, 1.807) is 26.2 Å². The summed E-state index contributed by atoms with van der Waals surface area (Å²) in [6.45, 7) is 3.11. The smallest absolute Gasteiger partial charge is 0.316 e. The third-order valence-corrected chi connectivity index (χ3v) is 6.41. The lowest BCUT2D eigenvalue weighted by atomic mass is 10.0. The number of ether oxygens (including phenoxy) is 1. The Labute approximate surface area is 177 Å². The third-order valence-electron chi connectivity index (χ3n) is 5.58. The van der Waals surface area contributed by atoms with Crippen molar-refractivity contribution in [1.29, 1.82) is 0 Å². The van der Waals surface area contributed by atoms with Crippen LogP contribution < -0.4 is 15.4 Å². The second-order valence-corrected chi connectivity index (χ2v) is 8.08. The summed E-state index contributed by atoms with van der Waals surface area (Å²) in [7, 11) is 2.22. The normalized spacial score (nSPS) is 23.8. The number of benzene rings is 1. The van der Waals surface area contributed by atoms with E-state index in [1.807, 2.05) is 6.07 Å². The topological polar surface area (TPSA) is 103 Å². The van der Waals surface area contributed by atoms with Gasteiger partial charge in [-0.2, -0.15) is 8.42 Å². The third kappa shape index (κ3) is 4.13. The molecule has 1 saturated heterocycles. The van der Waals surface area contributed by atoms with Crippen LogP contribution in [0.2, 0.25) is 0 Å². The monoisotopic (exact) mass is 439 g/mol. The highest BCUT2D eigenvalue weighted by Gasteiger charge is 2.65. The van der Waals surface area contributed by atoms with Crippen molar-refractivity contribution in [2.24, 2.45) is 4.36 Å². The van der Waals surface area contributed by atoms with Crippen molar-refractivity contribution < 1.29 is 17.9 Å². The maximum atomic E-state index is 13.5. The fourth-order valence-electron chi connectivity index (χ4n) is 4.06. The molecular formula is C18H25N5O4S2. The number of nitrogens with one attached hydrogen (secondary N) is 2. The zero-order chi connectivity index (χ0) is 21.2. The van der Waals surface area contributed by atoms with Gasteiger partial charge in [0.1, 0.15) is 17.0 Å². The Bertz CT molecular complexity index is 938. The highest BCUT2D eigenvalue weighted by atomic mass is 32.2. The van der Waals surface area contributed by atoms with E-state index in [0.29, 0.717) is 17.3 Å². The van der Waals surface area contributed by atoms with Crippen LogP contribution in [0, 0.1) is 0 Å². The molecule has 1 saturated carbocycles. The molecule has 0 bridgehead atoms. The molecule has 1 heterocycles. The number of hydrogen-bond acceptors (Lipinski definition) is 8. The number of nitrogens with zero attached hydrogens (tertiary/aromatic N) is 3. The minimum atomic E-state index is -2.60. The predicted molar refractivity (Wildman–Crippen MR) is 113 cm³/mol. The first kappa shape index (κ1) is 21.6. The summed E-state index contributed by atoms with van der Waals surface area (Å²) in [5, 5.41) is 6.53. The Morgan fingerprint density at radius 3 is 2.69 bits per heavy atom. The molecule has 3 rings (SSSR count). The maximum absolute atomic E-state index is 13.5. The number of hydrogen-bond donors (Lipinski definition) is 2. The van der Waals surface area contributed by atoms with Gasteiger partial charge in [0.2, 0.25) is 5.91 Å². The maximum Gasteiger partial charge on any atom is 0.316 e. The van der Waals surface area contributed by atoms with Gasteiger partial charge in [-0.3, -0.25) is 14.6 Å². The second-order valence-electron chi connectivity index (χ2n) is 7.08. The van der Waals surface area contributed by atoms with Gasteiger partial charge in [-0.25, -0.2) is 0 Å². The zero-order valence-corrected chi connectivity index (χ0v) is 18.3. The summed E-state index contributed by atoms with van der Waals surface area (Å²) in [4.78, 5) is 17.2. The van der Waals surface area contributed by atoms with E-state index in [9.17, 15) is 13.2 Å². The summed E-state index contributed by atoms with van der Waals surface area (Å²) < 4.78 is 31.0. The van der Waals surface area contributed by atoms with Crippen LogP contribution >= 0.6 is 12.2 Å². The predicted octanol–water partition coefficient (Wildman–Crippen LogP) is 0.483. The molecule has 1 aliphatic carbocycles. The molecule has 158 valence electrons. The Morgan fingerprint density at radius 1 is 1.41 bits per heavy atom. The number of amides is 1. The molecule has 9 nitrogen and oxygen atoms in total. The second kappa shape index (κ2) is 8.74. The van der Waals surface area contributed by atoms with Crippen LogP contribution in [0.25, 0.3) is 0 Å². The van der Waals surface area contributed by atoms with Crippen molar-refractivity contribution in [3.8, 4) is 5.75 Å². The van der Waals surface area contributed by atoms with E-state index in [0.717, 1.165) is 31.7 Å². The van der Waals surface area contributed by atoms with E-state index in [4.69, 9.17) is 17.0 Å². The highest BCUT2D eigenvalue weighted by molar-refractivity contribution is 7.80. The minimum Gasteiger partial charge on any atom is -0.494 e. The number of carbonyl (C=O) groups excluding carboxylic acids is 1. The molecule has 11 heteroatoms. The summed E-state index contributed by atoms with van der Waals surface area (Å²) in [6.07, 6.45) is 0.634. The lowest BCUT2D eigenvalue weighted by Crippen LogP contribution is -2.58. The Hall–Kier alpha value is -2.08. The van der Waals surface area contributed by atoms with Gasteiger partial charge in [0.05, 0.1) is 7.11 Å². The van der Waals surface area contributed by atoms with Crippen LogP contribution in [-0.2, 0) is 15.3 Å². The van der Waals surface area contributed by atoms with Gasteiger partial charge in [0.25, 0.3) is 0 Å². The molecule has 2 N–H and O–H groups in total. The molecule has 2 fully saturated rings. The first-order valence-corrected chi connectivity index (χ1v) is 10.7. The average molecular weight is 440 g/mol. The molecular weight excluding hydrogens is 414 g/mol. The molecule has 1 amide bonds. The van der Waals surface area contributed by atoms with Crippen LogP contribution in [0.4, 0.5) is 5.69 Å². The average Bonchev–Trinajstić information content (AvgIpc) is 3.49. The number of likely N-dealkylation sites (N-methyl/N-ethyl adjacent to an activating group) is 1. The number of thiocarbonyl (C=S) groups is 1. The van der Waals surface area contributed by atoms with Gasteiger partial charge in [0, 0.05) is 46.2 Å².